The molecule has 0 unspecified atom stereocenters. The lowest BCUT2D eigenvalue weighted by Crippen LogP contribution is -2.33. The summed E-state index contributed by atoms with van der Waals surface area (Å²) in [5, 5.41) is 6.00. The Hall–Kier alpha value is -2.08. The van der Waals surface area contributed by atoms with Crippen LogP contribution in [0.5, 0.6) is 0 Å². The van der Waals surface area contributed by atoms with Crippen LogP contribution in [0.4, 0.5) is 11.4 Å². The van der Waals surface area contributed by atoms with Crippen LogP contribution in [0.2, 0.25) is 0 Å². The Bertz CT molecular complexity index is 721. The van der Waals surface area contributed by atoms with Crippen LogP contribution in [0, 0.1) is 11.3 Å². The molecule has 0 saturated carbocycles. The second-order valence-corrected chi connectivity index (χ2v) is 10.0. The van der Waals surface area contributed by atoms with Crippen LogP contribution < -0.4 is 15.5 Å². The standard InChI is InChI=1S/C25H41N3O3/c1-19(18-25(2,3)4)16-23(29)27-20-10-11-22(28-13-7-6-8-14-28)21(17-20)24(30)26-12-9-15-31-5/h10-11,17,19H,6-9,12-16,18H2,1-5H3,(H,26,30)(H,27,29)/t19-/m0/s1. The zero-order chi connectivity index (χ0) is 22.9. The number of hydrogen-bond donors (Lipinski definition) is 2. The quantitative estimate of drug-likeness (QED) is 0.520. The van der Waals surface area contributed by atoms with Crippen molar-refractivity contribution in [2.24, 2.45) is 11.3 Å². The van der Waals surface area contributed by atoms with E-state index in [-0.39, 0.29) is 17.2 Å². The van der Waals surface area contributed by atoms with Gasteiger partial charge in [-0.3, -0.25) is 9.59 Å². The highest BCUT2D eigenvalue weighted by Gasteiger charge is 2.21. The molecule has 0 radical (unpaired) electrons. The first-order valence-corrected chi connectivity index (χ1v) is 11.7. The SMILES string of the molecule is COCCCNC(=O)c1cc(NC(=O)C[C@H](C)CC(C)(C)C)ccc1N1CCCCC1. The average Bonchev–Trinajstić information content (AvgIpc) is 2.70. The molecule has 0 spiro atoms. The van der Waals surface area contributed by atoms with E-state index in [0.29, 0.717) is 36.7 Å². The van der Waals surface area contributed by atoms with Crippen LogP contribution in [-0.4, -0.2) is 45.2 Å². The Morgan fingerprint density at radius 1 is 1.16 bits per heavy atom. The zero-order valence-electron chi connectivity index (χ0n) is 20.1. The molecule has 31 heavy (non-hydrogen) atoms. The van der Waals surface area contributed by atoms with Crippen molar-refractivity contribution >= 4 is 23.2 Å². The fourth-order valence-electron chi connectivity index (χ4n) is 4.37. The molecule has 1 heterocycles. The molecule has 1 aromatic rings. The molecule has 1 aliphatic rings. The highest BCUT2D eigenvalue weighted by Crippen LogP contribution is 2.29. The smallest absolute Gasteiger partial charge is 0.253 e. The Labute approximate surface area is 188 Å². The first-order chi connectivity index (χ1) is 14.7. The Morgan fingerprint density at radius 2 is 1.87 bits per heavy atom. The van der Waals surface area contributed by atoms with Crippen LogP contribution in [0.25, 0.3) is 0 Å². The van der Waals surface area contributed by atoms with E-state index in [2.05, 4.69) is 43.2 Å². The van der Waals surface area contributed by atoms with Crippen LogP contribution in [-0.2, 0) is 9.53 Å². The summed E-state index contributed by atoms with van der Waals surface area (Å²) in [6.07, 6.45) is 5.74. The number of nitrogens with one attached hydrogen (secondary N) is 2. The van der Waals surface area contributed by atoms with Crippen LogP contribution in [0.15, 0.2) is 18.2 Å². The molecule has 1 aliphatic heterocycles. The van der Waals surface area contributed by atoms with Crippen molar-refractivity contribution < 1.29 is 14.3 Å². The van der Waals surface area contributed by atoms with Crippen molar-refractivity contribution in [3.05, 3.63) is 23.8 Å². The third-order valence-corrected chi connectivity index (χ3v) is 5.53. The van der Waals surface area contributed by atoms with Gasteiger partial charge in [0, 0.05) is 51.1 Å². The number of anilines is 2. The number of methoxy groups -OCH3 is 1. The van der Waals surface area contributed by atoms with Gasteiger partial charge in [-0.2, -0.15) is 0 Å². The molecule has 1 aromatic carbocycles. The molecule has 0 aromatic heterocycles. The number of rotatable bonds is 10. The average molecular weight is 432 g/mol. The van der Waals surface area contributed by atoms with E-state index in [9.17, 15) is 9.59 Å². The van der Waals surface area contributed by atoms with E-state index in [1.54, 1.807) is 7.11 Å². The van der Waals surface area contributed by atoms with Gasteiger partial charge in [0.2, 0.25) is 5.91 Å². The molecule has 1 atom stereocenters. The molecule has 6 heteroatoms. The van der Waals surface area contributed by atoms with Crippen molar-refractivity contribution in [1.82, 2.24) is 5.32 Å². The van der Waals surface area contributed by atoms with Gasteiger partial charge in [0.1, 0.15) is 0 Å². The third-order valence-electron chi connectivity index (χ3n) is 5.53. The van der Waals surface area contributed by atoms with Gasteiger partial charge < -0.3 is 20.3 Å². The normalized spacial score (nSPS) is 15.5. The molecule has 6 nitrogen and oxygen atoms in total. The van der Waals surface area contributed by atoms with E-state index in [1.807, 2.05) is 18.2 Å². The summed E-state index contributed by atoms with van der Waals surface area (Å²) in [6.45, 7) is 11.8. The summed E-state index contributed by atoms with van der Waals surface area (Å²) >= 11 is 0. The zero-order valence-corrected chi connectivity index (χ0v) is 20.1. The number of carbonyl (C=O) groups is 2. The molecule has 2 N–H and O–H groups in total. The Kier molecular flexibility index (Phi) is 9.82. The van der Waals surface area contributed by atoms with Crippen molar-refractivity contribution in [2.75, 3.05) is 43.6 Å². The maximum absolute atomic E-state index is 13.0. The molecule has 174 valence electrons. The minimum Gasteiger partial charge on any atom is -0.385 e. The minimum absolute atomic E-state index is 0.00562. The first kappa shape index (κ1) is 25.2. The lowest BCUT2D eigenvalue weighted by molar-refractivity contribution is -0.117. The molecule has 1 saturated heterocycles. The first-order valence-electron chi connectivity index (χ1n) is 11.7. The highest BCUT2D eigenvalue weighted by molar-refractivity contribution is 6.02. The fourth-order valence-corrected chi connectivity index (χ4v) is 4.37. The molecule has 1 fully saturated rings. The molecular weight excluding hydrogens is 390 g/mol. The highest BCUT2D eigenvalue weighted by atomic mass is 16.5. The van der Waals surface area contributed by atoms with Gasteiger partial charge in [-0.05, 0) is 61.6 Å². The third kappa shape index (κ3) is 8.90. The maximum Gasteiger partial charge on any atom is 0.253 e. The van der Waals surface area contributed by atoms with E-state index in [0.717, 1.165) is 44.5 Å². The topological polar surface area (TPSA) is 70.7 Å². The van der Waals surface area contributed by atoms with Crippen LogP contribution in [0.3, 0.4) is 0 Å². The van der Waals surface area contributed by atoms with Crippen molar-refractivity contribution in [1.29, 1.82) is 0 Å². The lowest BCUT2D eigenvalue weighted by atomic mass is 9.84. The molecule has 0 aliphatic carbocycles. The molecular formula is C25H41N3O3. The van der Waals surface area contributed by atoms with Gasteiger partial charge in [-0.15, -0.1) is 0 Å². The van der Waals surface area contributed by atoms with Gasteiger partial charge in [-0.25, -0.2) is 0 Å². The maximum atomic E-state index is 13.0. The summed E-state index contributed by atoms with van der Waals surface area (Å²) in [5.41, 5.74) is 2.45. The van der Waals surface area contributed by atoms with Gasteiger partial charge in [0.15, 0.2) is 0 Å². The number of ether oxygens (including phenoxy) is 1. The summed E-state index contributed by atoms with van der Waals surface area (Å²) in [4.78, 5) is 27.8. The number of hydrogen-bond acceptors (Lipinski definition) is 4. The molecule has 2 amide bonds. The predicted octanol–water partition coefficient (Wildman–Crippen LogP) is 4.84. The van der Waals surface area contributed by atoms with Crippen molar-refractivity contribution in [3.63, 3.8) is 0 Å². The minimum atomic E-state index is -0.103. The predicted molar refractivity (Wildman–Crippen MR) is 128 cm³/mol. The molecule has 2 rings (SSSR count). The summed E-state index contributed by atoms with van der Waals surface area (Å²) in [7, 11) is 1.66. The van der Waals surface area contributed by atoms with E-state index in [4.69, 9.17) is 4.74 Å². The van der Waals surface area contributed by atoms with E-state index in [1.165, 1.54) is 6.42 Å². The van der Waals surface area contributed by atoms with Gasteiger partial charge in [0.25, 0.3) is 5.91 Å². The van der Waals surface area contributed by atoms with Crippen molar-refractivity contribution in [2.45, 2.75) is 66.2 Å². The van der Waals surface area contributed by atoms with E-state index < -0.39 is 0 Å². The van der Waals surface area contributed by atoms with Gasteiger partial charge >= 0.3 is 0 Å². The summed E-state index contributed by atoms with van der Waals surface area (Å²) in [6, 6.07) is 5.71. The van der Waals surface area contributed by atoms with Gasteiger partial charge in [-0.1, -0.05) is 27.7 Å². The molecule has 0 bridgehead atoms. The van der Waals surface area contributed by atoms with Crippen molar-refractivity contribution in [3.8, 4) is 0 Å². The number of amides is 2. The monoisotopic (exact) mass is 431 g/mol. The van der Waals surface area contributed by atoms with E-state index >= 15 is 0 Å². The number of benzene rings is 1. The number of nitrogens with zero attached hydrogens (tertiary/aromatic N) is 1. The number of carbonyl (C=O) groups excluding carboxylic acids is 2. The fraction of sp³-hybridized carbons (Fsp3) is 0.680. The largest absolute Gasteiger partial charge is 0.385 e. The van der Waals surface area contributed by atoms with Crippen LogP contribution in [0.1, 0.15) is 76.6 Å². The lowest BCUT2D eigenvalue weighted by Gasteiger charge is -2.30. The second-order valence-electron chi connectivity index (χ2n) is 10.0. The Balaban J connectivity index is 2.11. The van der Waals surface area contributed by atoms with Crippen LogP contribution >= 0.6 is 0 Å². The van der Waals surface area contributed by atoms with Gasteiger partial charge in [0.05, 0.1) is 5.56 Å². The summed E-state index contributed by atoms with van der Waals surface area (Å²) < 4.78 is 5.07. The second kappa shape index (κ2) is 12.1. The summed E-state index contributed by atoms with van der Waals surface area (Å²) in [5.74, 6) is 0.193. The Morgan fingerprint density at radius 3 is 2.52 bits per heavy atom. The number of piperidine rings is 1.